The number of fused-ring (bicyclic) bond motifs is 1. The van der Waals surface area contributed by atoms with E-state index in [9.17, 15) is 0 Å². The van der Waals surface area contributed by atoms with E-state index in [4.69, 9.17) is 5.73 Å². The molecule has 2 rings (SSSR count). The lowest BCUT2D eigenvalue weighted by Gasteiger charge is -2.08. The molecule has 0 bridgehead atoms. The van der Waals surface area contributed by atoms with Crippen LogP contribution in [0.3, 0.4) is 0 Å². The lowest BCUT2D eigenvalue weighted by atomic mass is 10.2. The van der Waals surface area contributed by atoms with Crippen molar-refractivity contribution in [1.29, 1.82) is 0 Å². The number of aryl methyl sites for hydroxylation is 1. The van der Waals surface area contributed by atoms with Crippen molar-refractivity contribution in [2.45, 2.75) is 33.2 Å². The first-order valence-electron chi connectivity index (χ1n) is 6.11. The molecule has 2 aromatic heterocycles. The van der Waals surface area contributed by atoms with Crippen molar-refractivity contribution >= 4 is 22.4 Å². The van der Waals surface area contributed by atoms with Gasteiger partial charge >= 0.3 is 0 Å². The fourth-order valence-electron chi connectivity index (χ4n) is 1.89. The molecular formula is C12H19N5. The zero-order valence-electron chi connectivity index (χ0n) is 10.4. The number of nitrogens with one attached hydrogen (secondary N) is 1. The highest BCUT2D eigenvalue weighted by Gasteiger charge is 2.10. The summed E-state index contributed by atoms with van der Waals surface area (Å²) in [5, 5.41) is 8.65. The smallest absolute Gasteiger partial charge is 0.159 e. The molecule has 0 unspecified atom stereocenters. The number of rotatable bonds is 5. The maximum Gasteiger partial charge on any atom is 0.159 e. The first-order chi connectivity index (χ1) is 8.27. The Labute approximate surface area is 101 Å². The standard InChI is InChI=1S/C12H19N5/c1-3-5-6-17-12-9(7-16-17)11(14-4-2)10(13)8-15-12/h7-8H,3-6,13H2,1-2H3,(H,14,15). The Hall–Kier alpha value is -1.78. The first-order valence-corrected chi connectivity index (χ1v) is 6.11. The summed E-state index contributed by atoms with van der Waals surface area (Å²) >= 11 is 0. The van der Waals surface area contributed by atoms with Crippen molar-refractivity contribution in [2.24, 2.45) is 0 Å². The van der Waals surface area contributed by atoms with Crippen molar-refractivity contribution in [2.75, 3.05) is 17.6 Å². The number of aromatic nitrogens is 3. The molecule has 0 aliphatic heterocycles. The van der Waals surface area contributed by atoms with Gasteiger partial charge in [0.25, 0.3) is 0 Å². The SMILES string of the molecule is CCCCn1ncc2c(NCC)c(N)cnc21. The summed E-state index contributed by atoms with van der Waals surface area (Å²) in [6.07, 6.45) is 5.80. The normalized spacial score (nSPS) is 10.9. The van der Waals surface area contributed by atoms with Crippen LogP contribution in [-0.4, -0.2) is 21.3 Å². The van der Waals surface area contributed by atoms with Crippen molar-refractivity contribution in [3.63, 3.8) is 0 Å². The molecule has 0 atom stereocenters. The van der Waals surface area contributed by atoms with Gasteiger partial charge < -0.3 is 11.1 Å². The molecule has 92 valence electrons. The largest absolute Gasteiger partial charge is 0.396 e. The molecular weight excluding hydrogens is 214 g/mol. The average Bonchev–Trinajstić information content (AvgIpc) is 2.73. The third-order valence-corrected chi connectivity index (χ3v) is 2.77. The summed E-state index contributed by atoms with van der Waals surface area (Å²) < 4.78 is 1.94. The van der Waals surface area contributed by atoms with Crippen LogP contribution in [0.1, 0.15) is 26.7 Å². The minimum atomic E-state index is 0.675. The number of nitrogens with two attached hydrogens (primary N) is 1. The molecule has 2 aromatic rings. The Morgan fingerprint density at radius 1 is 1.35 bits per heavy atom. The topological polar surface area (TPSA) is 68.8 Å². The van der Waals surface area contributed by atoms with Gasteiger partial charge in [-0.2, -0.15) is 5.10 Å². The Morgan fingerprint density at radius 3 is 2.88 bits per heavy atom. The quantitative estimate of drug-likeness (QED) is 0.831. The number of nitrogens with zero attached hydrogens (tertiary/aromatic N) is 3. The minimum Gasteiger partial charge on any atom is -0.396 e. The number of unbranched alkanes of at least 4 members (excludes halogenated alkanes) is 1. The summed E-state index contributed by atoms with van der Waals surface area (Å²) in [5.41, 5.74) is 8.45. The molecule has 0 aliphatic carbocycles. The van der Waals surface area contributed by atoms with E-state index in [2.05, 4.69) is 22.3 Å². The Balaban J connectivity index is 2.44. The van der Waals surface area contributed by atoms with E-state index in [0.29, 0.717) is 5.69 Å². The lowest BCUT2D eigenvalue weighted by molar-refractivity contribution is 0.584. The fourth-order valence-corrected chi connectivity index (χ4v) is 1.89. The van der Waals surface area contributed by atoms with E-state index in [-0.39, 0.29) is 0 Å². The summed E-state index contributed by atoms with van der Waals surface area (Å²) in [6.45, 7) is 5.96. The van der Waals surface area contributed by atoms with Crippen molar-refractivity contribution in [1.82, 2.24) is 14.8 Å². The number of hydrogen-bond donors (Lipinski definition) is 2. The van der Waals surface area contributed by atoms with Crippen LogP contribution in [0.15, 0.2) is 12.4 Å². The van der Waals surface area contributed by atoms with Gasteiger partial charge in [-0.05, 0) is 13.3 Å². The van der Waals surface area contributed by atoms with Gasteiger partial charge in [-0.3, -0.25) is 0 Å². The summed E-state index contributed by atoms with van der Waals surface area (Å²) in [4.78, 5) is 4.37. The summed E-state index contributed by atoms with van der Waals surface area (Å²) in [5.74, 6) is 0. The van der Waals surface area contributed by atoms with Gasteiger partial charge in [0.1, 0.15) is 0 Å². The van der Waals surface area contributed by atoms with Crippen LogP contribution in [0.4, 0.5) is 11.4 Å². The summed E-state index contributed by atoms with van der Waals surface area (Å²) in [7, 11) is 0. The lowest BCUT2D eigenvalue weighted by Crippen LogP contribution is -2.04. The molecule has 0 saturated carbocycles. The van der Waals surface area contributed by atoms with E-state index in [1.54, 1.807) is 6.20 Å². The highest BCUT2D eigenvalue weighted by molar-refractivity contribution is 5.95. The molecule has 0 fully saturated rings. The number of anilines is 2. The molecule has 0 spiro atoms. The molecule has 0 aromatic carbocycles. The minimum absolute atomic E-state index is 0.675. The van der Waals surface area contributed by atoms with Crippen LogP contribution in [0.25, 0.3) is 11.0 Å². The van der Waals surface area contributed by atoms with E-state index in [1.807, 2.05) is 17.8 Å². The van der Waals surface area contributed by atoms with E-state index in [0.717, 1.165) is 42.7 Å². The number of nitrogen functional groups attached to an aromatic ring is 1. The van der Waals surface area contributed by atoms with E-state index < -0.39 is 0 Å². The van der Waals surface area contributed by atoms with Gasteiger partial charge in [-0.15, -0.1) is 0 Å². The molecule has 0 aliphatic rings. The predicted molar refractivity (Wildman–Crippen MR) is 71.0 cm³/mol. The van der Waals surface area contributed by atoms with Gasteiger partial charge in [-0.25, -0.2) is 9.67 Å². The Bertz CT molecular complexity index is 503. The summed E-state index contributed by atoms with van der Waals surface area (Å²) in [6, 6.07) is 0. The highest BCUT2D eigenvalue weighted by atomic mass is 15.3. The van der Waals surface area contributed by atoms with Gasteiger partial charge in [0.05, 0.1) is 29.2 Å². The molecule has 2 heterocycles. The molecule has 17 heavy (non-hydrogen) atoms. The number of hydrogen-bond acceptors (Lipinski definition) is 4. The molecule has 3 N–H and O–H groups in total. The monoisotopic (exact) mass is 233 g/mol. The zero-order chi connectivity index (χ0) is 12.3. The number of pyridine rings is 1. The van der Waals surface area contributed by atoms with Crippen LogP contribution < -0.4 is 11.1 Å². The van der Waals surface area contributed by atoms with Gasteiger partial charge in [0.15, 0.2) is 5.65 Å². The average molecular weight is 233 g/mol. The third-order valence-electron chi connectivity index (χ3n) is 2.77. The third kappa shape index (κ3) is 2.18. The molecule has 0 amide bonds. The van der Waals surface area contributed by atoms with Crippen LogP contribution in [-0.2, 0) is 6.54 Å². The van der Waals surface area contributed by atoms with Crippen LogP contribution in [0.2, 0.25) is 0 Å². The molecule has 0 saturated heterocycles. The maximum absolute atomic E-state index is 5.92. The predicted octanol–water partition coefficient (Wildman–Crippen LogP) is 2.25. The van der Waals surface area contributed by atoms with Crippen LogP contribution >= 0.6 is 0 Å². The van der Waals surface area contributed by atoms with Crippen molar-refractivity contribution < 1.29 is 0 Å². The fraction of sp³-hybridized carbons (Fsp3) is 0.500. The van der Waals surface area contributed by atoms with E-state index >= 15 is 0 Å². The van der Waals surface area contributed by atoms with Crippen molar-refractivity contribution in [3.8, 4) is 0 Å². The second-order valence-electron chi connectivity index (χ2n) is 4.08. The second kappa shape index (κ2) is 5.03. The van der Waals surface area contributed by atoms with Crippen LogP contribution in [0.5, 0.6) is 0 Å². The van der Waals surface area contributed by atoms with Gasteiger partial charge in [0.2, 0.25) is 0 Å². The molecule has 5 heteroatoms. The van der Waals surface area contributed by atoms with Crippen molar-refractivity contribution in [3.05, 3.63) is 12.4 Å². The Kier molecular flexibility index (Phi) is 3.46. The second-order valence-corrected chi connectivity index (χ2v) is 4.08. The van der Waals surface area contributed by atoms with Gasteiger partial charge in [-0.1, -0.05) is 13.3 Å². The highest BCUT2D eigenvalue weighted by Crippen LogP contribution is 2.27. The molecule has 0 radical (unpaired) electrons. The van der Waals surface area contributed by atoms with E-state index in [1.165, 1.54) is 0 Å². The van der Waals surface area contributed by atoms with Gasteiger partial charge in [0, 0.05) is 13.1 Å². The first kappa shape index (κ1) is 11.7. The maximum atomic E-state index is 5.92. The molecule has 5 nitrogen and oxygen atoms in total. The Morgan fingerprint density at radius 2 is 2.18 bits per heavy atom. The zero-order valence-corrected chi connectivity index (χ0v) is 10.4. The van der Waals surface area contributed by atoms with Crippen LogP contribution in [0, 0.1) is 0 Å².